The first-order valence-corrected chi connectivity index (χ1v) is 10.2. The van der Waals surface area contributed by atoms with E-state index in [2.05, 4.69) is 35.2 Å². The Kier molecular flexibility index (Phi) is 4.58. The molecule has 3 aromatic rings. The van der Waals surface area contributed by atoms with E-state index in [1.54, 1.807) is 11.3 Å². The lowest BCUT2D eigenvalue weighted by atomic mass is 10.3. The van der Waals surface area contributed by atoms with Crippen molar-refractivity contribution in [1.29, 1.82) is 0 Å². The van der Waals surface area contributed by atoms with Gasteiger partial charge < -0.3 is 5.32 Å². The lowest BCUT2D eigenvalue weighted by Crippen LogP contribution is -2.41. The van der Waals surface area contributed by atoms with Gasteiger partial charge in [0.05, 0.1) is 20.0 Å². The van der Waals surface area contributed by atoms with Crippen LogP contribution in [0.2, 0.25) is 0 Å². The van der Waals surface area contributed by atoms with Crippen LogP contribution < -0.4 is 5.32 Å². The number of benzene rings is 1. The minimum atomic E-state index is 0.00779. The molecular formula is C19H21N3OS2. The van der Waals surface area contributed by atoms with Crippen LogP contribution in [-0.4, -0.2) is 41.5 Å². The molecule has 0 spiro atoms. The van der Waals surface area contributed by atoms with Crippen LogP contribution in [0.5, 0.6) is 0 Å². The quantitative estimate of drug-likeness (QED) is 0.705. The summed E-state index contributed by atoms with van der Waals surface area (Å²) in [5, 5.41) is 4.05. The minimum absolute atomic E-state index is 0.00779. The number of hydrogen-bond donors (Lipinski definition) is 1. The van der Waals surface area contributed by atoms with Crippen molar-refractivity contribution < 1.29 is 4.79 Å². The first kappa shape index (κ1) is 16.7. The molecule has 4 nitrogen and oxygen atoms in total. The number of thiazole rings is 1. The van der Waals surface area contributed by atoms with Gasteiger partial charge in [-0.2, -0.15) is 0 Å². The lowest BCUT2D eigenvalue weighted by molar-refractivity contribution is 0.0943. The highest BCUT2D eigenvalue weighted by Crippen LogP contribution is 2.34. The molecule has 0 bridgehead atoms. The number of carbonyl (C=O) groups is 1. The van der Waals surface area contributed by atoms with Gasteiger partial charge in [0.25, 0.3) is 5.91 Å². The molecule has 0 radical (unpaired) electrons. The molecule has 0 aliphatic heterocycles. The number of thiophene rings is 1. The number of likely N-dealkylation sites (N-methyl/N-ethyl adjacent to an activating group) is 1. The molecule has 4 rings (SSSR count). The summed E-state index contributed by atoms with van der Waals surface area (Å²) >= 11 is 3.18. The van der Waals surface area contributed by atoms with E-state index < -0.39 is 0 Å². The highest BCUT2D eigenvalue weighted by molar-refractivity contribution is 7.26. The van der Waals surface area contributed by atoms with Crippen LogP contribution in [0.25, 0.3) is 20.1 Å². The molecular weight excluding hydrogens is 350 g/mol. The second-order valence-corrected chi connectivity index (χ2v) is 8.72. The molecule has 1 N–H and O–H groups in total. The third-order valence-electron chi connectivity index (χ3n) is 4.71. The van der Waals surface area contributed by atoms with E-state index in [4.69, 9.17) is 0 Å². The third-order valence-corrected chi connectivity index (χ3v) is 7.00. The zero-order valence-corrected chi connectivity index (χ0v) is 16.0. The second-order valence-electron chi connectivity index (χ2n) is 6.61. The van der Waals surface area contributed by atoms with Crippen molar-refractivity contribution in [2.75, 3.05) is 13.6 Å². The van der Waals surface area contributed by atoms with Crippen LogP contribution in [-0.2, 0) is 0 Å². The molecule has 1 unspecified atom stereocenters. The summed E-state index contributed by atoms with van der Waals surface area (Å²) in [6.07, 6.45) is 2.57. The van der Waals surface area contributed by atoms with Gasteiger partial charge in [-0.05, 0) is 51.1 Å². The molecule has 130 valence electrons. The number of rotatable bonds is 6. The maximum absolute atomic E-state index is 12.4. The molecule has 1 aliphatic carbocycles. The Morgan fingerprint density at radius 2 is 2.08 bits per heavy atom. The van der Waals surface area contributed by atoms with Crippen molar-refractivity contribution in [2.24, 2.45) is 0 Å². The van der Waals surface area contributed by atoms with Gasteiger partial charge in [-0.25, -0.2) is 4.98 Å². The van der Waals surface area contributed by atoms with E-state index in [1.807, 2.05) is 30.3 Å². The van der Waals surface area contributed by atoms with Crippen LogP contribution in [0, 0.1) is 0 Å². The van der Waals surface area contributed by atoms with Gasteiger partial charge in [-0.1, -0.05) is 12.1 Å². The summed E-state index contributed by atoms with van der Waals surface area (Å²) in [7, 11) is 2.14. The molecule has 2 heterocycles. The van der Waals surface area contributed by atoms with E-state index in [9.17, 15) is 4.79 Å². The van der Waals surface area contributed by atoms with Crippen molar-refractivity contribution in [2.45, 2.75) is 31.8 Å². The number of hydrogen-bond acceptors (Lipinski definition) is 5. The third kappa shape index (κ3) is 3.61. The van der Waals surface area contributed by atoms with Crippen LogP contribution in [0.15, 0.2) is 36.4 Å². The number of amides is 1. The fourth-order valence-electron chi connectivity index (χ4n) is 2.87. The van der Waals surface area contributed by atoms with Crippen LogP contribution in [0.1, 0.15) is 29.4 Å². The monoisotopic (exact) mass is 371 g/mol. The fourth-order valence-corrected chi connectivity index (χ4v) is 4.81. The summed E-state index contributed by atoms with van der Waals surface area (Å²) in [6, 6.07) is 13.1. The Morgan fingerprint density at radius 1 is 1.28 bits per heavy atom. The second kappa shape index (κ2) is 6.86. The number of nitrogens with zero attached hydrogens (tertiary/aromatic N) is 2. The molecule has 2 aromatic heterocycles. The van der Waals surface area contributed by atoms with Gasteiger partial charge in [-0.15, -0.1) is 22.7 Å². The lowest BCUT2D eigenvalue weighted by Gasteiger charge is -2.24. The molecule has 1 atom stereocenters. The smallest absolute Gasteiger partial charge is 0.261 e. The standard InChI is InChI=1S/C19H21N3OS2/c1-12(22(2)13-7-8-13)11-20-18(23)16-9-10-17(24-16)19-21-14-5-3-4-6-15(14)25-19/h3-6,9-10,12-13H,7-8,11H2,1-2H3,(H,20,23). The Bertz CT molecular complexity index is 864. The fraction of sp³-hybridized carbons (Fsp3) is 0.368. The number of para-hydroxylation sites is 1. The highest BCUT2D eigenvalue weighted by Gasteiger charge is 2.29. The summed E-state index contributed by atoms with van der Waals surface area (Å²) in [6.45, 7) is 2.85. The normalized spacial score (nSPS) is 15.6. The van der Waals surface area contributed by atoms with Gasteiger partial charge >= 0.3 is 0 Å². The average molecular weight is 372 g/mol. The first-order chi connectivity index (χ1) is 12.1. The highest BCUT2D eigenvalue weighted by atomic mass is 32.1. The van der Waals surface area contributed by atoms with E-state index in [1.165, 1.54) is 28.9 Å². The first-order valence-electron chi connectivity index (χ1n) is 8.58. The number of fused-ring (bicyclic) bond motifs is 1. The summed E-state index contributed by atoms with van der Waals surface area (Å²) in [4.78, 5) is 21.3. The Morgan fingerprint density at radius 3 is 2.84 bits per heavy atom. The number of carbonyl (C=O) groups excluding carboxylic acids is 1. The van der Waals surface area contributed by atoms with Crippen molar-refractivity contribution >= 4 is 38.8 Å². The predicted octanol–water partition coefficient (Wildman–Crippen LogP) is 4.24. The van der Waals surface area contributed by atoms with Crippen LogP contribution >= 0.6 is 22.7 Å². The summed E-state index contributed by atoms with van der Waals surface area (Å²) in [5.41, 5.74) is 1.01. The van der Waals surface area contributed by atoms with Crippen molar-refractivity contribution in [3.63, 3.8) is 0 Å². The molecule has 1 amide bonds. The van der Waals surface area contributed by atoms with E-state index in [-0.39, 0.29) is 5.91 Å². The van der Waals surface area contributed by atoms with Gasteiger partial charge in [0.1, 0.15) is 5.01 Å². The van der Waals surface area contributed by atoms with Gasteiger partial charge in [0.15, 0.2) is 0 Å². The van der Waals surface area contributed by atoms with Gasteiger partial charge in [0.2, 0.25) is 0 Å². The Hall–Kier alpha value is -1.76. The zero-order valence-electron chi connectivity index (χ0n) is 14.4. The molecule has 1 saturated carbocycles. The largest absolute Gasteiger partial charge is 0.350 e. The summed E-state index contributed by atoms with van der Waals surface area (Å²) < 4.78 is 1.17. The Balaban J connectivity index is 1.42. The SMILES string of the molecule is CC(CNC(=O)c1ccc(-c2nc3ccccc3s2)s1)N(C)C1CC1. The topological polar surface area (TPSA) is 45.2 Å². The van der Waals surface area contributed by atoms with E-state index >= 15 is 0 Å². The predicted molar refractivity (Wildman–Crippen MR) is 106 cm³/mol. The molecule has 1 fully saturated rings. The van der Waals surface area contributed by atoms with Crippen molar-refractivity contribution in [3.05, 3.63) is 41.3 Å². The Labute approximate surface area is 155 Å². The van der Waals surface area contributed by atoms with Gasteiger partial charge in [-0.3, -0.25) is 9.69 Å². The van der Waals surface area contributed by atoms with Crippen LogP contribution in [0.4, 0.5) is 0 Å². The van der Waals surface area contributed by atoms with E-state index in [0.29, 0.717) is 18.6 Å². The minimum Gasteiger partial charge on any atom is -0.350 e. The molecule has 6 heteroatoms. The maximum Gasteiger partial charge on any atom is 0.261 e. The number of aromatic nitrogens is 1. The molecule has 0 saturated heterocycles. The van der Waals surface area contributed by atoms with Crippen molar-refractivity contribution in [3.8, 4) is 9.88 Å². The van der Waals surface area contributed by atoms with Crippen molar-refractivity contribution in [1.82, 2.24) is 15.2 Å². The van der Waals surface area contributed by atoms with Crippen LogP contribution in [0.3, 0.4) is 0 Å². The average Bonchev–Trinajstić information content (AvgIpc) is 3.19. The molecule has 1 aromatic carbocycles. The summed E-state index contributed by atoms with van der Waals surface area (Å²) in [5.74, 6) is 0.00779. The van der Waals surface area contributed by atoms with Gasteiger partial charge in [0, 0.05) is 18.6 Å². The number of nitrogens with one attached hydrogen (secondary N) is 1. The molecule has 25 heavy (non-hydrogen) atoms. The van der Waals surface area contributed by atoms with E-state index in [0.717, 1.165) is 20.3 Å². The maximum atomic E-state index is 12.4. The molecule has 1 aliphatic rings. The zero-order chi connectivity index (χ0) is 17.4.